The highest BCUT2D eigenvalue weighted by Crippen LogP contribution is 2.40. The van der Waals surface area contributed by atoms with Crippen LogP contribution in [0.2, 0.25) is 0 Å². The van der Waals surface area contributed by atoms with Crippen LogP contribution in [0.1, 0.15) is 36.2 Å². The smallest absolute Gasteiger partial charge is 0.0389 e. The Labute approximate surface area is 135 Å². The number of hydrogen-bond acceptors (Lipinski definition) is 2. The lowest BCUT2D eigenvalue weighted by molar-refractivity contribution is 0.648. The molecule has 0 aliphatic heterocycles. The Morgan fingerprint density at radius 3 is 2.42 bits per heavy atom. The molecule has 1 atom stereocenters. The minimum Gasteiger partial charge on any atom is -0.323 e. The number of aryl methyl sites for hydroxylation is 1. The first-order valence-electron chi connectivity index (χ1n) is 6.34. The maximum Gasteiger partial charge on any atom is 0.0389 e. The summed E-state index contributed by atoms with van der Waals surface area (Å²) in [5, 5.41) is 0. The Morgan fingerprint density at radius 2 is 1.84 bits per heavy atom. The third-order valence-corrected chi connectivity index (χ3v) is 5.51. The lowest BCUT2D eigenvalue weighted by atomic mass is 10.1. The van der Waals surface area contributed by atoms with E-state index in [2.05, 4.69) is 70.0 Å². The lowest BCUT2D eigenvalue weighted by Gasteiger charge is -2.08. The van der Waals surface area contributed by atoms with Crippen molar-refractivity contribution in [1.29, 1.82) is 0 Å². The number of halogens is 2. The molecule has 1 heterocycles. The van der Waals surface area contributed by atoms with E-state index < -0.39 is 0 Å². The summed E-state index contributed by atoms with van der Waals surface area (Å²) in [6, 6.07) is 8.76. The van der Waals surface area contributed by atoms with Gasteiger partial charge < -0.3 is 5.73 Å². The molecule has 0 radical (unpaired) electrons. The lowest BCUT2D eigenvalue weighted by Crippen LogP contribution is -2.07. The van der Waals surface area contributed by atoms with Crippen molar-refractivity contribution >= 4 is 43.2 Å². The zero-order valence-electron chi connectivity index (χ0n) is 11.0. The second-order valence-corrected chi connectivity index (χ2v) is 7.52. The summed E-state index contributed by atoms with van der Waals surface area (Å²) in [7, 11) is 0. The van der Waals surface area contributed by atoms with Gasteiger partial charge in [-0.05, 0) is 43.2 Å². The minimum absolute atomic E-state index is 0.159. The predicted molar refractivity (Wildman–Crippen MR) is 91.7 cm³/mol. The van der Waals surface area contributed by atoms with E-state index in [1.807, 2.05) is 0 Å². The summed E-state index contributed by atoms with van der Waals surface area (Å²) in [5.74, 6) is 0. The van der Waals surface area contributed by atoms with Gasteiger partial charge in [-0.3, -0.25) is 0 Å². The highest BCUT2D eigenvalue weighted by Gasteiger charge is 2.14. The van der Waals surface area contributed by atoms with Crippen LogP contribution in [0.4, 0.5) is 0 Å². The molecule has 0 fully saturated rings. The molecule has 2 N–H and O–H groups in total. The summed E-state index contributed by atoms with van der Waals surface area (Å²) in [5.41, 5.74) is 8.64. The summed E-state index contributed by atoms with van der Waals surface area (Å²) in [6.45, 7) is 4.26. The minimum atomic E-state index is 0.159. The molecule has 1 nitrogen and oxygen atoms in total. The van der Waals surface area contributed by atoms with Gasteiger partial charge in [-0.25, -0.2) is 0 Å². The first-order valence-corrected chi connectivity index (χ1v) is 8.74. The van der Waals surface area contributed by atoms with Crippen LogP contribution < -0.4 is 5.73 Å². The molecular weight excluding hydrogens is 386 g/mol. The van der Waals surface area contributed by atoms with Gasteiger partial charge in [0.15, 0.2) is 0 Å². The number of thiophene rings is 1. The highest BCUT2D eigenvalue weighted by molar-refractivity contribution is 9.11. The van der Waals surface area contributed by atoms with E-state index in [1.165, 1.54) is 20.9 Å². The zero-order valence-corrected chi connectivity index (χ0v) is 15.0. The first kappa shape index (κ1) is 15.2. The molecule has 0 spiro atoms. The average Bonchev–Trinajstić information content (AvgIpc) is 2.77. The molecule has 1 aromatic carbocycles. The second kappa shape index (κ2) is 6.53. The number of nitrogens with two attached hydrogens (primary N) is 1. The largest absolute Gasteiger partial charge is 0.323 e. The summed E-state index contributed by atoms with van der Waals surface area (Å²) < 4.78 is 2.24. The highest BCUT2D eigenvalue weighted by atomic mass is 79.9. The van der Waals surface area contributed by atoms with Crippen molar-refractivity contribution in [3.05, 3.63) is 43.7 Å². The van der Waals surface area contributed by atoms with Crippen molar-refractivity contribution in [3.63, 3.8) is 0 Å². The van der Waals surface area contributed by atoms with Crippen LogP contribution in [0, 0.1) is 6.92 Å². The molecule has 4 heteroatoms. The fraction of sp³-hybridized carbons (Fsp3) is 0.333. The molecular formula is C15H17Br2NS. The van der Waals surface area contributed by atoms with Crippen molar-refractivity contribution in [2.45, 2.75) is 32.7 Å². The molecule has 102 valence electrons. The van der Waals surface area contributed by atoms with Crippen LogP contribution in [0.25, 0.3) is 10.4 Å². The molecule has 19 heavy (non-hydrogen) atoms. The van der Waals surface area contributed by atoms with E-state index in [-0.39, 0.29) is 6.04 Å². The topological polar surface area (TPSA) is 26.0 Å². The third kappa shape index (κ3) is 3.48. The Hall–Kier alpha value is -0.160. The maximum atomic E-state index is 6.18. The van der Waals surface area contributed by atoms with Gasteiger partial charge in [-0.15, -0.1) is 11.3 Å². The Balaban J connectivity index is 2.38. The van der Waals surface area contributed by atoms with Gasteiger partial charge in [0.05, 0.1) is 0 Å². The Kier molecular flexibility index (Phi) is 5.23. The molecule has 1 aromatic heterocycles. The van der Waals surface area contributed by atoms with Gasteiger partial charge in [-0.1, -0.05) is 45.2 Å². The van der Waals surface area contributed by atoms with Crippen molar-refractivity contribution in [1.82, 2.24) is 0 Å². The average molecular weight is 403 g/mol. The van der Waals surface area contributed by atoms with Crippen LogP contribution in [0.5, 0.6) is 0 Å². The van der Waals surface area contributed by atoms with E-state index in [1.54, 1.807) is 11.3 Å². The van der Waals surface area contributed by atoms with Gasteiger partial charge in [-0.2, -0.15) is 0 Å². The monoisotopic (exact) mass is 401 g/mol. The van der Waals surface area contributed by atoms with Crippen LogP contribution in [-0.4, -0.2) is 0 Å². The molecule has 0 amide bonds. The zero-order chi connectivity index (χ0) is 14.0. The van der Waals surface area contributed by atoms with Crippen LogP contribution in [0.3, 0.4) is 0 Å². The van der Waals surface area contributed by atoms with Crippen molar-refractivity contribution in [2.24, 2.45) is 5.73 Å². The normalized spacial score (nSPS) is 12.7. The molecule has 0 saturated heterocycles. The van der Waals surface area contributed by atoms with E-state index in [0.29, 0.717) is 0 Å². The van der Waals surface area contributed by atoms with E-state index >= 15 is 0 Å². The molecule has 2 rings (SSSR count). The van der Waals surface area contributed by atoms with E-state index in [0.717, 1.165) is 21.8 Å². The number of rotatable bonds is 4. The quantitative estimate of drug-likeness (QED) is 0.661. The van der Waals surface area contributed by atoms with Gasteiger partial charge in [0.2, 0.25) is 0 Å². The van der Waals surface area contributed by atoms with Gasteiger partial charge in [0.1, 0.15) is 0 Å². The molecule has 2 aromatic rings. The van der Waals surface area contributed by atoms with Crippen LogP contribution in [0.15, 0.2) is 33.2 Å². The molecule has 0 aliphatic rings. The fourth-order valence-electron chi connectivity index (χ4n) is 2.07. The Bertz CT molecular complexity index is 554. The van der Waals surface area contributed by atoms with Gasteiger partial charge in [0, 0.05) is 30.3 Å². The fourth-order valence-corrected chi connectivity index (χ4v) is 5.30. The first-order chi connectivity index (χ1) is 9.02. The van der Waals surface area contributed by atoms with E-state index in [4.69, 9.17) is 5.73 Å². The van der Waals surface area contributed by atoms with Crippen molar-refractivity contribution in [3.8, 4) is 10.4 Å². The number of benzene rings is 1. The third-order valence-electron chi connectivity index (χ3n) is 3.02. The Morgan fingerprint density at radius 1 is 1.21 bits per heavy atom. The maximum absolute atomic E-state index is 6.18. The molecule has 0 aliphatic carbocycles. The summed E-state index contributed by atoms with van der Waals surface area (Å²) in [6.07, 6.45) is 2.16. The molecule has 0 saturated carbocycles. The van der Waals surface area contributed by atoms with Crippen LogP contribution >= 0.6 is 43.2 Å². The summed E-state index contributed by atoms with van der Waals surface area (Å²) >= 11 is 9.10. The predicted octanol–water partition coefficient (Wildman–Crippen LogP) is 6.05. The second-order valence-electron chi connectivity index (χ2n) is 4.70. The van der Waals surface area contributed by atoms with Crippen molar-refractivity contribution in [2.75, 3.05) is 0 Å². The number of hydrogen-bond donors (Lipinski definition) is 1. The van der Waals surface area contributed by atoms with E-state index in [9.17, 15) is 0 Å². The summed E-state index contributed by atoms with van der Waals surface area (Å²) in [4.78, 5) is 2.51. The standard InChI is InChI=1S/C15H17Br2NS/c1-3-4-12(18)13-5-6-14(19-13)15-10(16)7-9(2)8-11(15)17/h5-8,12H,3-4,18H2,1-2H3. The SMILES string of the molecule is CCCC(N)c1ccc(-c2c(Br)cc(C)cc2Br)s1. The van der Waals surface area contributed by atoms with Gasteiger partial charge >= 0.3 is 0 Å². The van der Waals surface area contributed by atoms with Gasteiger partial charge in [0.25, 0.3) is 0 Å². The molecule has 1 unspecified atom stereocenters. The van der Waals surface area contributed by atoms with Crippen molar-refractivity contribution < 1.29 is 0 Å². The van der Waals surface area contributed by atoms with Crippen LogP contribution in [-0.2, 0) is 0 Å². The molecule has 0 bridgehead atoms.